The van der Waals surface area contributed by atoms with E-state index in [-0.39, 0.29) is 21.5 Å². The lowest BCUT2D eigenvalue weighted by atomic mass is 10.1. The molecule has 1 aliphatic rings. The number of hydrogen-bond acceptors (Lipinski definition) is 3. The van der Waals surface area contributed by atoms with Crippen LogP contribution in [0.25, 0.3) is 0 Å². The molecule has 0 spiro atoms. The fourth-order valence-electron chi connectivity index (χ4n) is 2.10. The Hall–Kier alpha value is -1.09. The summed E-state index contributed by atoms with van der Waals surface area (Å²) < 4.78 is 27.3. The molecule has 0 saturated heterocycles. The molecule has 0 radical (unpaired) electrons. The van der Waals surface area contributed by atoms with Gasteiger partial charge >= 0.3 is 0 Å². The molecule has 2 rings (SSSR count). The Kier molecular flexibility index (Phi) is 4.69. The van der Waals surface area contributed by atoms with Gasteiger partial charge in [0.05, 0.1) is 15.5 Å². The highest BCUT2D eigenvalue weighted by Crippen LogP contribution is 2.34. The zero-order valence-electron chi connectivity index (χ0n) is 11.3. The smallest absolute Gasteiger partial charge is 0.208 e. The number of sulfonamides is 1. The fraction of sp³-hybridized carbons (Fsp3) is 0.500. The van der Waals surface area contributed by atoms with E-state index in [0.717, 1.165) is 12.8 Å². The maximum atomic E-state index is 12.3. The summed E-state index contributed by atoms with van der Waals surface area (Å²) in [6.45, 7) is 1.97. The summed E-state index contributed by atoms with van der Waals surface area (Å²) >= 11 is 5.89. The second-order valence-corrected chi connectivity index (χ2v) is 7.28. The maximum absolute atomic E-state index is 12.3. The molecule has 0 aliphatic heterocycles. The largest absolute Gasteiger partial charge is 0.240 e. The minimum atomic E-state index is -3.58. The first kappa shape index (κ1) is 15.3. The SMILES string of the molecule is CCC(CC1CC1)NS(=O)(=O)c1ccc(C#N)c(Cl)c1. The lowest BCUT2D eigenvalue weighted by Gasteiger charge is -2.17. The van der Waals surface area contributed by atoms with E-state index in [0.29, 0.717) is 5.92 Å². The molecule has 1 fully saturated rings. The van der Waals surface area contributed by atoms with Crippen LogP contribution in [0.1, 0.15) is 38.2 Å². The maximum Gasteiger partial charge on any atom is 0.240 e. The first-order valence-corrected chi connectivity index (χ1v) is 8.54. The summed E-state index contributed by atoms with van der Waals surface area (Å²) in [4.78, 5) is 0.107. The van der Waals surface area contributed by atoms with Gasteiger partial charge in [-0.3, -0.25) is 0 Å². The van der Waals surface area contributed by atoms with Gasteiger partial charge in [0.15, 0.2) is 0 Å². The van der Waals surface area contributed by atoms with Crippen molar-refractivity contribution in [2.75, 3.05) is 0 Å². The van der Waals surface area contributed by atoms with Crippen LogP contribution in [0.5, 0.6) is 0 Å². The Labute approximate surface area is 124 Å². The van der Waals surface area contributed by atoms with Gasteiger partial charge in [-0.25, -0.2) is 13.1 Å². The van der Waals surface area contributed by atoms with Crippen LogP contribution < -0.4 is 4.72 Å². The van der Waals surface area contributed by atoms with Gasteiger partial charge in [-0.15, -0.1) is 0 Å². The van der Waals surface area contributed by atoms with Crippen molar-refractivity contribution in [1.29, 1.82) is 5.26 Å². The molecule has 1 saturated carbocycles. The van der Waals surface area contributed by atoms with Crippen molar-refractivity contribution < 1.29 is 8.42 Å². The highest BCUT2D eigenvalue weighted by atomic mass is 35.5. The molecule has 1 aromatic carbocycles. The Balaban J connectivity index is 2.16. The zero-order valence-corrected chi connectivity index (χ0v) is 12.8. The average molecular weight is 313 g/mol. The van der Waals surface area contributed by atoms with Gasteiger partial charge in [-0.05, 0) is 37.0 Å². The topological polar surface area (TPSA) is 70.0 Å². The third-order valence-corrected chi connectivity index (χ3v) is 5.33. The van der Waals surface area contributed by atoms with Crippen LogP contribution in [0.4, 0.5) is 0 Å². The van der Waals surface area contributed by atoms with Crippen LogP contribution in [-0.2, 0) is 10.0 Å². The summed E-state index contributed by atoms with van der Waals surface area (Å²) in [7, 11) is -3.58. The van der Waals surface area contributed by atoms with Crippen LogP contribution in [0.2, 0.25) is 5.02 Å². The second-order valence-electron chi connectivity index (χ2n) is 5.16. The number of nitriles is 1. The van der Waals surface area contributed by atoms with E-state index in [1.54, 1.807) is 0 Å². The molecule has 0 amide bonds. The molecule has 0 bridgehead atoms. The standard InChI is InChI=1S/C14H17ClN2O2S/c1-2-12(7-10-3-4-10)17-20(18,19)13-6-5-11(9-16)14(15)8-13/h5-6,8,10,12,17H,2-4,7H2,1H3. The molecule has 20 heavy (non-hydrogen) atoms. The lowest BCUT2D eigenvalue weighted by molar-refractivity contribution is 0.495. The predicted molar refractivity (Wildman–Crippen MR) is 77.9 cm³/mol. The molecule has 1 N–H and O–H groups in total. The van der Waals surface area contributed by atoms with Crippen molar-refractivity contribution >= 4 is 21.6 Å². The quantitative estimate of drug-likeness (QED) is 0.877. The van der Waals surface area contributed by atoms with Crippen molar-refractivity contribution in [3.8, 4) is 6.07 Å². The van der Waals surface area contributed by atoms with Crippen LogP contribution in [0.15, 0.2) is 23.1 Å². The molecule has 4 nitrogen and oxygen atoms in total. The van der Waals surface area contributed by atoms with E-state index in [2.05, 4.69) is 4.72 Å². The number of rotatable bonds is 6. The normalized spacial score (nSPS) is 16.6. The van der Waals surface area contributed by atoms with Crippen molar-refractivity contribution in [1.82, 2.24) is 4.72 Å². The van der Waals surface area contributed by atoms with E-state index in [9.17, 15) is 8.42 Å². The van der Waals surface area contributed by atoms with Gasteiger partial charge in [0.2, 0.25) is 10.0 Å². The molecular formula is C14H17ClN2O2S. The van der Waals surface area contributed by atoms with Crippen molar-refractivity contribution in [2.24, 2.45) is 5.92 Å². The average Bonchev–Trinajstić information content (AvgIpc) is 3.21. The van der Waals surface area contributed by atoms with E-state index < -0.39 is 10.0 Å². The van der Waals surface area contributed by atoms with Crippen LogP contribution in [0, 0.1) is 17.2 Å². The van der Waals surface area contributed by atoms with Crippen LogP contribution >= 0.6 is 11.6 Å². The van der Waals surface area contributed by atoms with Gasteiger partial charge in [0, 0.05) is 6.04 Å². The highest BCUT2D eigenvalue weighted by Gasteiger charge is 2.27. The molecule has 0 aromatic heterocycles. The third-order valence-electron chi connectivity index (χ3n) is 3.50. The predicted octanol–water partition coefficient (Wildman–Crippen LogP) is 3.07. The summed E-state index contributed by atoms with van der Waals surface area (Å²) in [6, 6.07) is 6.04. The first-order valence-electron chi connectivity index (χ1n) is 6.68. The van der Waals surface area contributed by atoms with E-state index in [4.69, 9.17) is 16.9 Å². The van der Waals surface area contributed by atoms with Gasteiger partial charge in [0.1, 0.15) is 6.07 Å². The van der Waals surface area contributed by atoms with Gasteiger partial charge in [-0.2, -0.15) is 5.26 Å². The molecule has 6 heteroatoms. The Bertz CT molecular complexity index is 633. The van der Waals surface area contributed by atoms with Crippen LogP contribution in [0.3, 0.4) is 0 Å². The molecule has 1 aromatic rings. The van der Waals surface area contributed by atoms with Gasteiger partial charge in [0.25, 0.3) is 0 Å². The monoisotopic (exact) mass is 312 g/mol. The number of halogens is 1. The molecule has 1 atom stereocenters. The van der Waals surface area contributed by atoms with Crippen molar-refractivity contribution in [3.63, 3.8) is 0 Å². The van der Waals surface area contributed by atoms with Crippen molar-refractivity contribution in [2.45, 2.75) is 43.5 Å². The Morgan fingerprint density at radius 1 is 1.50 bits per heavy atom. The zero-order chi connectivity index (χ0) is 14.8. The summed E-state index contributed by atoms with van der Waals surface area (Å²) in [5, 5.41) is 8.96. The van der Waals surface area contributed by atoms with E-state index >= 15 is 0 Å². The molecule has 0 heterocycles. The summed E-state index contributed by atoms with van der Waals surface area (Å²) in [5.74, 6) is 0.659. The number of benzene rings is 1. The molecule has 108 valence electrons. The fourth-order valence-corrected chi connectivity index (χ4v) is 3.74. The van der Waals surface area contributed by atoms with Crippen LogP contribution in [-0.4, -0.2) is 14.5 Å². The third kappa shape index (κ3) is 3.72. The molecular weight excluding hydrogens is 296 g/mol. The van der Waals surface area contributed by atoms with Gasteiger partial charge in [-0.1, -0.05) is 31.4 Å². The molecule has 1 aliphatic carbocycles. The minimum Gasteiger partial charge on any atom is -0.208 e. The van der Waals surface area contributed by atoms with Crippen molar-refractivity contribution in [3.05, 3.63) is 28.8 Å². The summed E-state index contributed by atoms with van der Waals surface area (Å²) in [6.07, 6.45) is 4.04. The Morgan fingerprint density at radius 3 is 2.70 bits per heavy atom. The molecule has 1 unspecified atom stereocenters. The number of nitrogens with zero attached hydrogens (tertiary/aromatic N) is 1. The number of nitrogens with one attached hydrogen (secondary N) is 1. The second kappa shape index (κ2) is 6.13. The Morgan fingerprint density at radius 2 is 2.20 bits per heavy atom. The highest BCUT2D eigenvalue weighted by molar-refractivity contribution is 7.89. The summed E-state index contributed by atoms with van der Waals surface area (Å²) in [5.41, 5.74) is 0.274. The number of hydrogen-bond donors (Lipinski definition) is 1. The van der Waals surface area contributed by atoms with E-state index in [1.807, 2.05) is 13.0 Å². The first-order chi connectivity index (χ1) is 9.46. The van der Waals surface area contributed by atoms with E-state index in [1.165, 1.54) is 31.0 Å². The minimum absolute atomic E-state index is 0.0399. The van der Waals surface area contributed by atoms with Gasteiger partial charge < -0.3 is 0 Å². The lowest BCUT2D eigenvalue weighted by Crippen LogP contribution is -2.34.